The molecule has 1 aliphatic heterocycles. The Morgan fingerprint density at radius 3 is 2.74 bits per heavy atom. The summed E-state index contributed by atoms with van der Waals surface area (Å²) in [5, 5.41) is 3.49. The summed E-state index contributed by atoms with van der Waals surface area (Å²) in [6.07, 6.45) is 4.19. The lowest BCUT2D eigenvalue weighted by atomic mass is 10.1. The van der Waals surface area contributed by atoms with Gasteiger partial charge < -0.3 is 15.0 Å². The Morgan fingerprint density at radius 1 is 1.47 bits per heavy atom. The van der Waals surface area contributed by atoms with Crippen LogP contribution < -0.4 is 5.32 Å². The number of rotatable bonds is 5. The van der Waals surface area contributed by atoms with Crippen molar-refractivity contribution in [3.8, 4) is 0 Å². The van der Waals surface area contributed by atoms with E-state index in [0.717, 1.165) is 38.8 Å². The minimum absolute atomic E-state index is 0.154. The minimum atomic E-state index is -0.404. The quantitative estimate of drug-likeness (QED) is 0.834. The number of ether oxygens (including phenoxy) is 1. The number of hydrogen-bond donors (Lipinski definition) is 1. The van der Waals surface area contributed by atoms with E-state index >= 15 is 0 Å². The van der Waals surface area contributed by atoms with Crippen LogP contribution in [0.2, 0.25) is 0 Å². The van der Waals surface area contributed by atoms with Crippen LogP contribution in [0.5, 0.6) is 0 Å². The molecule has 0 radical (unpaired) electrons. The van der Waals surface area contributed by atoms with Crippen LogP contribution >= 0.6 is 0 Å². The first kappa shape index (κ1) is 16.3. The Kier molecular flexibility index (Phi) is 6.11. The summed E-state index contributed by atoms with van der Waals surface area (Å²) in [6, 6.07) is 0.891. The van der Waals surface area contributed by atoms with Gasteiger partial charge in [-0.25, -0.2) is 4.79 Å². The summed E-state index contributed by atoms with van der Waals surface area (Å²) >= 11 is 0. The van der Waals surface area contributed by atoms with Crippen molar-refractivity contribution in [2.45, 2.75) is 78.0 Å². The molecule has 0 bridgehead atoms. The van der Waals surface area contributed by atoms with Crippen molar-refractivity contribution in [1.29, 1.82) is 0 Å². The van der Waals surface area contributed by atoms with Gasteiger partial charge in [0.25, 0.3) is 0 Å². The van der Waals surface area contributed by atoms with Gasteiger partial charge in [0.2, 0.25) is 0 Å². The topological polar surface area (TPSA) is 41.6 Å². The summed E-state index contributed by atoms with van der Waals surface area (Å²) in [4.78, 5) is 14.0. The van der Waals surface area contributed by atoms with Crippen molar-refractivity contribution in [3.63, 3.8) is 0 Å². The maximum Gasteiger partial charge on any atom is 0.410 e. The van der Waals surface area contributed by atoms with Crippen molar-refractivity contribution in [3.05, 3.63) is 0 Å². The zero-order valence-electron chi connectivity index (χ0n) is 13.2. The second kappa shape index (κ2) is 7.13. The van der Waals surface area contributed by atoms with Crippen molar-refractivity contribution in [2.75, 3.05) is 13.1 Å². The molecule has 1 N–H and O–H groups in total. The highest BCUT2D eigenvalue weighted by Gasteiger charge is 2.31. The van der Waals surface area contributed by atoms with E-state index in [4.69, 9.17) is 4.74 Å². The van der Waals surface area contributed by atoms with E-state index in [1.165, 1.54) is 0 Å². The van der Waals surface area contributed by atoms with Crippen LogP contribution in [0.25, 0.3) is 0 Å². The third kappa shape index (κ3) is 5.81. The normalized spacial score (nSPS) is 21.5. The van der Waals surface area contributed by atoms with Crippen LogP contribution in [0.4, 0.5) is 4.79 Å². The van der Waals surface area contributed by atoms with Crippen molar-refractivity contribution in [1.82, 2.24) is 10.2 Å². The van der Waals surface area contributed by atoms with Crippen LogP contribution in [0.1, 0.15) is 60.3 Å². The fraction of sp³-hybridized carbons (Fsp3) is 0.933. The number of nitrogens with one attached hydrogen (secondary N) is 1. The summed E-state index contributed by atoms with van der Waals surface area (Å²) < 4.78 is 5.47. The van der Waals surface area contributed by atoms with Crippen LogP contribution in [-0.4, -0.2) is 41.8 Å². The molecule has 0 aromatic carbocycles. The standard InChI is InChI=1S/C15H30N2O2/c1-6-12(2)16-10-9-13-8-7-11-17(13)14(18)19-15(3,4)5/h12-13,16H,6-11H2,1-5H3. The van der Waals surface area contributed by atoms with E-state index in [9.17, 15) is 4.79 Å². The lowest BCUT2D eigenvalue weighted by molar-refractivity contribution is 0.0220. The Labute approximate surface area is 117 Å². The third-order valence-corrected chi connectivity index (χ3v) is 3.59. The largest absolute Gasteiger partial charge is 0.444 e. The van der Waals surface area contributed by atoms with Crippen LogP contribution in [0, 0.1) is 0 Å². The van der Waals surface area contributed by atoms with Gasteiger partial charge in [0.1, 0.15) is 5.60 Å². The van der Waals surface area contributed by atoms with Gasteiger partial charge in [-0.2, -0.15) is 0 Å². The molecule has 112 valence electrons. The average molecular weight is 270 g/mol. The first-order chi connectivity index (χ1) is 8.83. The molecule has 1 amide bonds. The Hall–Kier alpha value is -0.770. The molecule has 1 aliphatic rings. The van der Waals surface area contributed by atoms with Gasteiger partial charge in [-0.05, 0) is 59.9 Å². The van der Waals surface area contributed by atoms with E-state index in [1.807, 2.05) is 25.7 Å². The highest BCUT2D eigenvalue weighted by atomic mass is 16.6. The van der Waals surface area contributed by atoms with Crippen molar-refractivity contribution >= 4 is 6.09 Å². The number of hydrogen-bond acceptors (Lipinski definition) is 3. The molecule has 4 nitrogen and oxygen atoms in total. The maximum atomic E-state index is 12.1. The molecule has 19 heavy (non-hydrogen) atoms. The molecule has 2 unspecified atom stereocenters. The van der Waals surface area contributed by atoms with E-state index in [1.54, 1.807) is 0 Å². The molecule has 1 fully saturated rings. The predicted octanol–water partition coefficient (Wildman–Crippen LogP) is 3.16. The fourth-order valence-corrected chi connectivity index (χ4v) is 2.34. The van der Waals surface area contributed by atoms with Gasteiger partial charge in [-0.15, -0.1) is 0 Å². The van der Waals surface area contributed by atoms with Gasteiger partial charge in [-0.1, -0.05) is 6.92 Å². The van der Waals surface area contributed by atoms with Gasteiger partial charge in [0.15, 0.2) is 0 Å². The molecule has 0 aromatic rings. The lowest BCUT2D eigenvalue weighted by Gasteiger charge is -2.29. The van der Waals surface area contributed by atoms with E-state index in [-0.39, 0.29) is 6.09 Å². The van der Waals surface area contributed by atoms with E-state index < -0.39 is 5.60 Å². The Bertz CT molecular complexity index is 286. The first-order valence-corrected chi connectivity index (χ1v) is 7.56. The van der Waals surface area contributed by atoms with E-state index in [0.29, 0.717) is 12.1 Å². The third-order valence-electron chi connectivity index (χ3n) is 3.59. The summed E-state index contributed by atoms with van der Waals surface area (Å²) in [6.45, 7) is 11.9. The average Bonchev–Trinajstić information content (AvgIpc) is 2.75. The zero-order valence-corrected chi connectivity index (χ0v) is 13.2. The second-order valence-electron chi connectivity index (χ2n) is 6.52. The summed E-state index contributed by atoms with van der Waals surface area (Å²) in [5.74, 6) is 0. The lowest BCUT2D eigenvalue weighted by Crippen LogP contribution is -2.41. The first-order valence-electron chi connectivity index (χ1n) is 7.56. The van der Waals surface area contributed by atoms with Crippen molar-refractivity contribution < 1.29 is 9.53 Å². The molecule has 0 saturated carbocycles. The molecule has 4 heteroatoms. The van der Waals surface area contributed by atoms with Gasteiger partial charge >= 0.3 is 6.09 Å². The number of carbonyl (C=O) groups excluding carboxylic acids is 1. The monoisotopic (exact) mass is 270 g/mol. The SMILES string of the molecule is CCC(C)NCCC1CCCN1C(=O)OC(C)(C)C. The smallest absolute Gasteiger partial charge is 0.410 e. The Balaban J connectivity index is 2.39. The molecule has 2 atom stereocenters. The molecule has 0 spiro atoms. The van der Waals surface area contributed by atoms with Crippen LogP contribution in [0.3, 0.4) is 0 Å². The highest BCUT2D eigenvalue weighted by molar-refractivity contribution is 5.68. The number of nitrogens with zero attached hydrogens (tertiary/aromatic N) is 1. The van der Waals surface area contributed by atoms with Crippen LogP contribution in [0.15, 0.2) is 0 Å². The Morgan fingerprint density at radius 2 is 2.16 bits per heavy atom. The molecule has 0 aromatic heterocycles. The minimum Gasteiger partial charge on any atom is -0.444 e. The second-order valence-corrected chi connectivity index (χ2v) is 6.52. The molecular weight excluding hydrogens is 240 g/mol. The molecular formula is C15H30N2O2. The van der Waals surface area contributed by atoms with Gasteiger partial charge in [0.05, 0.1) is 0 Å². The highest BCUT2D eigenvalue weighted by Crippen LogP contribution is 2.22. The zero-order chi connectivity index (χ0) is 14.5. The molecule has 1 heterocycles. The molecule has 1 saturated heterocycles. The number of likely N-dealkylation sites (tertiary alicyclic amines) is 1. The molecule has 1 rings (SSSR count). The molecule has 0 aliphatic carbocycles. The number of amides is 1. The van der Waals surface area contributed by atoms with Gasteiger partial charge in [0, 0.05) is 18.6 Å². The summed E-state index contributed by atoms with van der Waals surface area (Å²) in [5.41, 5.74) is -0.404. The number of carbonyl (C=O) groups is 1. The maximum absolute atomic E-state index is 12.1. The summed E-state index contributed by atoms with van der Waals surface area (Å²) in [7, 11) is 0. The van der Waals surface area contributed by atoms with E-state index in [2.05, 4.69) is 19.2 Å². The van der Waals surface area contributed by atoms with Crippen LogP contribution in [-0.2, 0) is 4.74 Å². The van der Waals surface area contributed by atoms with Gasteiger partial charge in [-0.3, -0.25) is 0 Å². The predicted molar refractivity (Wildman–Crippen MR) is 78.3 cm³/mol. The van der Waals surface area contributed by atoms with Crippen molar-refractivity contribution in [2.24, 2.45) is 0 Å². The fourth-order valence-electron chi connectivity index (χ4n) is 2.34.